The minimum Gasteiger partial charge on any atom is -0.463 e. The molecule has 1 heterocycles. The third kappa shape index (κ3) is 4.68. The molecule has 0 N–H and O–H groups in total. The first kappa shape index (κ1) is 15.2. The number of thiophene rings is 1. The van der Waals surface area contributed by atoms with Gasteiger partial charge in [-0.05, 0) is 35.6 Å². The number of hydrogen-bond donors (Lipinski definition) is 0. The van der Waals surface area contributed by atoms with Gasteiger partial charge in [-0.3, -0.25) is 4.79 Å². The summed E-state index contributed by atoms with van der Waals surface area (Å²) >= 11 is 1.55. The molecule has 0 unspecified atom stereocenters. The van der Waals surface area contributed by atoms with Gasteiger partial charge in [0, 0.05) is 17.4 Å². The van der Waals surface area contributed by atoms with Crippen LogP contribution in [0.5, 0.6) is 0 Å². The number of ketones is 1. The molecule has 2 rings (SSSR count). The van der Waals surface area contributed by atoms with E-state index in [4.69, 9.17) is 4.74 Å². The molecule has 0 saturated carbocycles. The lowest BCUT2D eigenvalue weighted by atomic mass is 10.1. The summed E-state index contributed by atoms with van der Waals surface area (Å²) in [5.74, 6) is -0.591. The third-order valence-corrected chi connectivity index (χ3v) is 3.74. The summed E-state index contributed by atoms with van der Waals surface area (Å²) < 4.78 is 4.73. The van der Waals surface area contributed by atoms with Gasteiger partial charge in [-0.15, -0.1) is 11.3 Å². The lowest BCUT2D eigenvalue weighted by molar-refractivity contribution is -0.137. The van der Waals surface area contributed by atoms with Gasteiger partial charge < -0.3 is 4.74 Å². The molecule has 4 heteroatoms. The zero-order valence-corrected chi connectivity index (χ0v) is 12.6. The van der Waals surface area contributed by atoms with Crippen LogP contribution in [0.3, 0.4) is 0 Å². The highest BCUT2D eigenvalue weighted by atomic mass is 32.1. The predicted molar refractivity (Wildman–Crippen MR) is 84.2 cm³/mol. The molecule has 0 atom stereocenters. The van der Waals surface area contributed by atoms with Gasteiger partial charge in [-0.1, -0.05) is 30.3 Å². The minimum atomic E-state index is -0.484. The fraction of sp³-hybridized carbons (Fsp3) is 0.176. The molecule has 0 spiro atoms. The first-order valence-electron chi connectivity index (χ1n) is 6.69. The van der Waals surface area contributed by atoms with Crippen molar-refractivity contribution in [3.05, 3.63) is 58.8 Å². The number of carbonyl (C=O) groups is 2. The maximum Gasteiger partial charge on any atom is 0.330 e. The lowest BCUT2D eigenvalue weighted by Gasteiger charge is -1.96. The number of esters is 1. The van der Waals surface area contributed by atoms with Crippen molar-refractivity contribution in [1.82, 2.24) is 0 Å². The molecular formula is C17H16O3S. The van der Waals surface area contributed by atoms with Crippen LogP contribution in [0.25, 0.3) is 11.1 Å². The Kier molecular flexibility index (Phi) is 5.46. The second kappa shape index (κ2) is 7.55. The van der Waals surface area contributed by atoms with E-state index in [1.807, 2.05) is 41.8 Å². The summed E-state index contributed by atoms with van der Waals surface area (Å²) in [6.07, 6.45) is 2.75. The van der Waals surface area contributed by atoms with E-state index in [2.05, 4.69) is 0 Å². The van der Waals surface area contributed by atoms with Gasteiger partial charge in [-0.25, -0.2) is 4.79 Å². The molecule has 108 valence electrons. The van der Waals surface area contributed by atoms with E-state index in [0.717, 1.165) is 16.0 Å². The maximum atomic E-state index is 11.8. The second-order valence-corrected chi connectivity index (χ2v) is 5.39. The fourth-order valence-corrected chi connectivity index (χ4v) is 2.74. The van der Waals surface area contributed by atoms with Gasteiger partial charge in [-0.2, -0.15) is 0 Å². The van der Waals surface area contributed by atoms with Gasteiger partial charge >= 0.3 is 5.97 Å². The van der Waals surface area contributed by atoms with E-state index in [0.29, 0.717) is 13.0 Å². The Hall–Kier alpha value is -2.20. The molecule has 1 aromatic carbocycles. The van der Waals surface area contributed by atoms with Crippen molar-refractivity contribution in [2.75, 3.05) is 6.61 Å². The van der Waals surface area contributed by atoms with E-state index < -0.39 is 5.97 Å². The van der Waals surface area contributed by atoms with Crippen molar-refractivity contribution < 1.29 is 14.3 Å². The standard InChI is InChI=1S/C17H16O3S/c1-2-20-17(19)9-8-15(18)11-16-10-14(12-21-16)13-6-4-3-5-7-13/h3-10,12H,2,11H2,1H3/b9-8+. The molecular weight excluding hydrogens is 284 g/mol. The topological polar surface area (TPSA) is 43.4 Å². The molecule has 0 saturated heterocycles. The predicted octanol–water partition coefficient (Wildman–Crippen LogP) is 3.65. The monoisotopic (exact) mass is 300 g/mol. The number of rotatable bonds is 6. The van der Waals surface area contributed by atoms with E-state index in [-0.39, 0.29) is 5.78 Å². The summed E-state index contributed by atoms with van der Waals surface area (Å²) in [5, 5.41) is 2.03. The quantitative estimate of drug-likeness (QED) is 0.604. The molecule has 3 nitrogen and oxygen atoms in total. The van der Waals surface area contributed by atoms with Crippen LogP contribution in [0.15, 0.2) is 53.9 Å². The molecule has 0 aliphatic carbocycles. The average molecular weight is 300 g/mol. The molecule has 21 heavy (non-hydrogen) atoms. The molecule has 0 aliphatic heterocycles. The highest BCUT2D eigenvalue weighted by molar-refractivity contribution is 7.10. The van der Waals surface area contributed by atoms with E-state index in [1.54, 1.807) is 18.3 Å². The Labute approximate surface area is 127 Å². The number of hydrogen-bond acceptors (Lipinski definition) is 4. The molecule has 1 aromatic heterocycles. The fourth-order valence-electron chi connectivity index (χ4n) is 1.84. The number of ether oxygens (including phenoxy) is 1. The van der Waals surface area contributed by atoms with Crippen molar-refractivity contribution in [2.24, 2.45) is 0 Å². The maximum absolute atomic E-state index is 11.8. The van der Waals surface area contributed by atoms with Gasteiger partial charge in [0.15, 0.2) is 5.78 Å². The van der Waals surface area contributed by atoms with Crippen LogP contribution in [-0.4, -0.2) is 18.4 Å². The first-order chi connectivity index (χ1) is 10.2. The Morgan fingerprint density at radius 2 is 1.90 bits per heavy atom. The van der Waals surface area contributed by atoms with Gasteiger partial charge in [0.1, 0.15) is 0 Å². The van der Waals surface area contributed by atoms with Crippen LogP contribution in [-0.2, 0) is 20.7 Å². The van der Waals surface area contributed by atoms with Crippen LogP contribution in [0.1, 0.15) is 11.8 Å². The Balaban J connectivity index is 1.97. The Morgan fingerprint density at radius 1 is 1.14 bits per heavy atom. The van der Waals surface area contributed by atoms with E-state index >= 15 is 0 Å². The van der Waals surface area contributed by atoms with E-state index in [1.165, 1.54) is 12.2 Å². The SMILES string of the molecule is CCOC(=O)/C=C/C(=O)Cc1cc(-c2ccccc2)cs1. The molecule has 0 bridgehead atoms. The highest BCUT2D eigenvalue weighted by Gasteiger charge is 2.06. The summed E-state index contributed by atoms with van der Waals surface area (Å²) in [4.78, 5) is 23.9. The van der Waals surface area contributed by atoms with Crippen molar-refractivity contribution in [2.45, 2.75) is 13.3 Å². The molecule has 0 radical (unpaired) electrons. The van der Waals surface area contributed by atoms with Gasteiger partial charge in [0.05, 0.1) is 6.61 Å². The van der Waals surface area contributed by atoms with Crippen molar-refractivity contribution in [3.63, 3.8) is 0 Å². The number of benzene rings is 1. The Bertz CT molecular complexity index is 641. The van der Waals surface area contributed by atoms with Crippen molar-refractivity contribution >= 4 is 23.1 Å². The largest absolute Gasteiger partial charge is 0.463 e. The summed E-state index contributed by atoms with van der Waals surface area (Å²) in [6, 6.07) is 12.0. The van der Waals surface area contributed by atoms with Crippen molar-refractivity contribution in [1.29, 1.82) is 0 Å². The van der Waals surface area contributed by atoms with E-state index in [9.17, 15) is 9.59 Å². The van der Waals surface area contributed by atoms with Crippen LogP contribution in [0, 0.1) is 0 Å². The molecule has 2 aromatic rings. The average Bonchev–Trinajstić information content (AvgIpc) is 2.95. The van der Waals surface area contributed by atoms with Crippen LogP contribution >= 0.6 is 11.3 Å². The lowest BCUT2D eigenvalue weighted by Crippen LogP contribution is -2.02. The normalized spacial score (nSPS) is 10.7. The summed E-state index contributed by atoms with van der Waals surface area (Å²) in [5.41, 5.74) is 2.24. The smallest absolute Gasteiger partial charge is 0.330 e. The highest BCUT2D eigenvalue weighted by Crippen LogP contribution is 2.25. The van der Waals surface area contributed by atoms with Gasteiger partial charge in [0.2, 0.25) is 0 Å². The second-order valence-electron chi connectivity index (χ2n) is 4.40. The number of carbonyl (C=O) groups excluding carboxylic acids is 2. The third-order valence-electron chi connectivity index (χ3n) is 2.80. The van der Waals surface area contributed by atoms with Gasteiger partial charge in [0.25, 0.3) is 0 Å². The summed E-state index contributed by atoms with van der Waals surface area (Å²) in [7, 11) is 0. The zero-order valence-electron chi connectivity index (χ0n) is 11.7. The molecule has 0 aliphatic rings. The first-order valence-corrected chi connectivity index (χ1v) is 7.57. The summed E-state index contributed by atoms with van der Waals surface area (Å²) in [6.45, 7) is 2.03. The Morgan fingerprint density at radius 3 is 2.62 bits per heavy atom. The molecule has 0 amide bonds. The van der Waals surface area contributed by atoms with Crippen LogP contribution in [0.4, 0.5) is 0 Å². The minimum absolute atomic E-state index is 0.107. The van der Waals surface area contributed by atoms with Crippen LogP contribution < -0.4 is 0 Å². The number of allylic oxidation sites excluding steroid dienone is 1. The zero-order chi connectivity index (χ0) is 15.1. The van der Waals surface area contributed by atoms with Crippen LogP contribution in [0.2, 0.25) is 0 Å². The van der Waals surface area contributed by atoms with Crippen molar-refractivity contribution in [3.8, 4) is 11.1 Å². The molecule has 0 fully saturated rings.